The summed E-state index contributed by atoms with van der Waals surface area (Å²) in [5, 5.41) is 0. The number of carbonyl (C=O) groups excluding carboxylic acids is 1. The first-order valence-electron chi connectivity index (χ1n) is 3.05. The minimum absolute atomic E-state index is 0.370. The van der Waals surface area contributed by atoms with E-state index in [1.165, 1.54) is 4.90 Å². The second-order valence-corrected chi connectivity index (χ2v) is 2.27. The van der Waals surface area contributed by atoms with Crippen molar-refractivity contribution >= 4 is 29.1 Å². The Labute approximate surface area is 80.4 Å². The summed E-state index contributed by atoms with van der Waals surface area (Å²) in [6.07, 6.45) is 2.90. The smallest absolute Gasteiger partial charge is 0.378 e. The highest BCUT2D eigenvalue weighted by Gasteiger charge is 2.09. The van der Waals surface area contributed by atoms with Crippen molar-refractivity contribution in [2.45, 2.75) is 0 Å². The van der Waals surface area contributed by atoms with Gasteiger partial charge in [0.2, 0.25) is 0 Å². The Morgan fingerprint density at radius 3 is 2.18 bits per heavy atom. The summed E-state index contributed by atoms with van der Waals surface area (Å²) in [6, 6.07) is 0. The molecule has 0 aliphatic heterocycles. The molecule has 0 fully saturated rings. The fraction of sp³-hybridized carbons (Fsp3) is 0.286. The number of halogens is 1. The lowest BCUT2D eigenvalue weighted by atomic mass is 10.5. The van der Waals surface area contributed by atoms with E-state index < -0.39 is 0 Å². The first-order valence-corrected chi connectivity index (χ1v) is 3.93. The van der Waals surface area contributed by atoms with E-state index in [4.69, 9.17) is 0 Å². The molecule has 0 saturated heterocycles. The average molecular weight is 267 g/mol. The van der Waals surface area contributed by atoms with Gasteiger partial charge in [0, 0.05) is 13.1 Å². The van der Waals surface area contributed by atoms with Gasteiger partial charge in [-0.15, -0.1) is 13.2 Å². The molecule has 0 radical (unpaired) electrons. The van der Waals surface area contributed by atoms with Crippen LogP contribution in [0.2, 0.25) is 0 Å². The van der Waals surface area contributed by atoms with E-state index in [1.54, 1.807) is 35.2 Å². The third kappa shape index (κ3) is 4.02. The summed E-state index contributed by atoms with van der Waals surface area (Å²) in [7, 11) is 0. The summed E-state index contributed by atoms with van der Waals surface area (Å²) in [6.45, 7) is 7.99. The van der Waals surface area contributed by atoms with Gasteiger partial charge >= 0.3 is 6.09 Å². The Morgan fingerprint density at radius 2 is 1.91 bits per heavy atom. The molecule has 0 spiro atoms. The zero-order chi connectivity index (χ0) is 8.69. The third-order valence-electron chi connectivity index (χ3n) is 1.02. The Hall–Kier alpha value is -0.520. The van der Waals surface area contributed by atoms with Crippen molar-refractivity contribution in [3.8, 4) is 0 Å². The van der Waals surface area contributed by atoms with Crippen molar-refractivity contribution in [1.82, 2.24) is 4.90 Å². The Morgan fingerprint density at radius 1 is 1.45 bits per heavy atom. The molecule has 3 nitrogen and oxygen atoms in total. The molecule has 0 saturated carbocycles. The van der Waals surface area contributed by atoms with Crippen LogP contribution in [0.25, 0.3) is 0 Å². The number of rotatable bonds is 4. The van der Waals surface area contributed by atoms with Gasteiger partial charge in [0.1, 0.15) is 0 Å². The van der Waals surface area contributed by atoms with Gasteiger partial charge in [0.25, 0.3) is 0 Å². The van der Waals surface area contributed by atoms with Gasteiger partial charge in [-0.2, -0.15) is 0 Å². The van der Waals surface area contributed by atoms with E-state index in [0.29, 0.717) is 13.1 Å². The van der Waals surface area contributed by atoms with Crippen molar-refractivity contribution in [1.29, 1.82) is 0 Å². The minimum Gasteiger partial charge on any atom is -0.378 e. The summed E-state index contributed by atoms with van der Waals surface area (Å²) in [5.41, 5.74) is 0. The molecule has 0 aliphatic rings. The maximum atomic E-state index is 10.9. The molecule has 0 aliphatic carbocycles. The fourth-order valence-electron chi connectivity index (χ4n) is 0.584. The number of hydrogen-bond acceptors (Lipinski definition) is 2. The van der Waals surface area contributed by atoms with Crippen LogP contribution in [0, 0.1) is 0 Å². The fourth-order valence-corrected chi connectivity index (χ4v) is 0.863. The van der Waals surface area contributed by atoms with E-state index >= 15 is 0 Å². The van der Waals surface area contributed by atoms with Crippen LogP contribution in [0.1, 0.15) is 0 Å². The molecule has 0 aromatic rings. The Bertz CT molecular complexity index is 149. The van der Waals surface area contributed by atoms with E-state index in [0.717, 1.165) is 0 Å². The van der Waals surface area contributed by atoms with Crippen LogP contribution in [-0.2, 0) is 3.07 Å². The Balaban J connectivity index is 3.95. The SMILES string of the molecule is C=CCN(CC=C)C(=O)OI. The Kier molecular flexibility index (Phi) is 5.91. The van der Waals surface area contributed by atoms with Crippen molar-refractivity contribution in [3.05, 3.63) is 25.3 Å². The number of carbonyl (C=O) groups is 1. The number of amides is 1. The normalized spacial score (nSPS) is 8.45. The van der Waals surface area contributed by atoms with Crippen LogP contribution < -0.4 is 0 Å². The van der Waals surface area contributed by atoms with Crippen molar-refractivity contribution in [2.75, 3.05) is 13.1 Å². The van der Waals surface area contributed by atoms with Gasteiger partial charge in [-0.1, -0.05) is 12.2 Å². The molecule has 0 rings (SSSR count). The monoisotopic (exact) mass is 267 g/mol. The molecule has 11 heavy (non-hydrogen) atoms. The van der Waals surface area contributed by atoms with Crippen LogP contribution in [0.4, 0.5) is 4.79 Å². The third-order valence-corrected chi connectivity index (χ3v) is 1.40. The van der Waals surface area contributed by atoms with Crippen LogP contribution in [0.5, 0.6) is 0 Å². The largest absolute Gasteiger partial charge is 0.419 e. The van der Waals surface area contributed by atoms with Gasteiger partial charge in [0.15, 0.2) is 23.0 Å². The molecule has 0 heterocycles. The zero-order valence-corrected chi connectivity index (χ0v) is 8.28. The first kappa shape index (κ1) is 10.5. The summed E-state index contributed by atoms with van der Waals surface area (Å²) < 4.78 is 4.48. The lowest BCUT2D eigenvalue weighted by Crippen LogP contribution is -2.29. The van der Waals surface area contributed by atoms with Crippen LogP contribution in [0.3, 0.4) is 0 Å². The van der Waals surface area contributed by atoms with Gasteiger partial charge in [-0.3, -0.25) is 0 Å². The molecule has 4 heteroatoms. The summed E-state index contributed by atoms with van der Waals surface area (Å²) in [5.74, 6) is 0. The molecular formula is C7H10INO2. The molecular weight excluding hydrogens is 257 g/mol. The maximum Gasteiger partial charge on any atom is 0.419 e. The summed E-state index contributed by atoms with van der Waals surface area (Å²) in [4.78, 5) is 12.4. The highest BCUT2D eigenvalue weighted by molar-refractivity contribution is 14.1. The molecule has 0 unspecified atom stereocenters. The summed E-state index contributed by atoms with van der Waals surface area (Å²) >= 11 is 1.55. The van der Waals surface area contributed by atoms with E-state index in [9.17, 15) is 4.79 Å². The molecule has 1 amide bonds. The lowest BCUT2D eigenvalue weighted by Gasteiger charge is -2.15. The topological polar surface area (TPSA) is 29.5 Å². The van der Waals surface area contributed by atoms with Crippen molar-refractivity contribution in [3.63, 3.8) is 0 Å². The van der Waals surface area contributed by atoms with Crippen molar-refractivity contribution < 1.29 is 7.86 Å². The van der Waals surface area contributed by atoms with Crippen molar-refractivity contribution in [2.24, 2.45) is 0 Å². The second kappa shape index (κ2) is 6.21. The highest BCUT2D eigenvalue weighted by atomic mass is 127. The van der Waals surface area contributed by atoms with E-state index in [2.05, 4.69) is 16.2 Å². The predicted octanol–water partition coefficient (Wildman–Crippen LogP) is 2.15. The molecule has 0 N–H and O–H groups in total. The van der Waals surface area contributed by atoms with Gasteiger partial charge in [0.05, 0.1) is 0 Å². The van der Waals surface area contributed by atoms with Gasteiger partial charge < -0.3 is 7.97 Å². The zero-order valence-electron chi connectivity index (χ0n) is 6.12. The molecule has 0 atom stereocenters. The highest BCUT2D eigenvalue weighted by Crippen LogP contribution is 1.98. The van der Waals surface area contributed by atoms with Crippen LogP contribution >= 0.6 is 23.0 Å². The molecule has 62 valence electrons. The second-order valence-electron chi connectivity index (χ2n) is 1.83. The molecule has 0 aromatic carbocycles. The number of hydrogen-bond donors (Lipinski definition) is 0. The average Bonchev–Trinajstić information content (AvgIpc) is 2.03. The maximum absolute atomic E-state index is 10.9. The lowest BCUT2D eigenvalue weighted by molar-refractivity contribution is 0.177. The van der Waals surface area contributed by atoms with Crippen LogP contribution in [0.15, 0.2) is 25.3 Å². The first-order chi connectivity index (χ1) is 5.26. The molecule has 0 bridgehead atoms. The quantitative estimate of drug-likeness (QED) is 0.577. The van der Waals surface area contributed by atoms with Gasteiger partial charge in [-0.25, -0.2) is 4.79 Å². The van der Waals surface area contributed by atoms with Gasteiger partial charge in [-0.05, 0) is 0 Å². The predicted molar refractivity (Wildman–Crippen MR) is 52.5 cm³/mol. The van der Waals surface area contributed by atoms with E-state index in [1.807, 2.05) is 0 Å². The van der Waals surface area contributed by atoms with Crippen LogP contribution in [-0.4, -0.2) is 24.1 Å². The standard InChI is InChI=1S/C7H10INO2/c1-3-5-9(6-4-2)7(10)11-8/h3-4H,1-2,5-6H2. The minimum atomic E-state index is -0.370. The molecule has 0 aromatic heterocycles. The van der Waals surface area contributed by atoms with E-state index in [-0.39, 0.29) is 6.09 Å². The number of nitrogens with zero attached hydrogens (tertiary/aromatic N) is 1.